The highest BCUT2D eigenvalue weighted by atomic mass is 79.9. The summed E-state index contributed by atoms with van der Waals surface area (Å²) in [5.74, 6) is 0.650. The van der Waals surface area contributed by atoms with Gasteiger partial charge in [0.25, 0.3) is 0 Å². The normalized spacial score (nSPS) is 17.3. The lowest BCUT2D eigenvalue weighted by Crippen LogP contribution is -2.43. The third-order valence-electron chi connectivity index (χ3n) is 4.58. The van der Waals surface area contributed by atoms with E-state index in [1.165, 1.54) is 30.7 Å². The van der Waals surface area contributed by atoms with Crippen molar-refractivity contribution >= 4 is 37.5 Å². The fraction of sp³-hybridized carbons (Fsp3) is 0.316. The van der Waals surface area contributed by atoms with Gasteiger partial charge in [0.1, 0.15) is 6.04 Å². The lowest BCUT2D eigenvalue weighted by molar-refractivity contribution is -0.119. The predicted molar refractivity (Wildman–Crippen MR) is 109 cm³/mol. The van der Waals surface area contributed by atoms with Gasteiger partial charge in [-0.1, -0.05) is 15.9 Å². The maximum Gasteiger partial charge on any atom is 0.243 e. The van der Waals surface area contributed by atoms with Crippen molar-refractivity contribution in [1.82, 2.24) is 4.31 Å². The zero-order chi connectivity index (χ0) is 20.3. The van der Waals surface area contributed by atoms with Gasteiger partial charge in [-0.2, -0.15) is 4.31 Å². The van der Waals surface area contributed by atoms with Crippen molar-refractivity contribution in [1.29, 1.82) is 0 Å². The zero-order valence-electron chi connectivity index (χ0n) is 15.5. The highest BCUT2D eigenvalue weighted by Crippen LogP contribution is 2.31. The van der Waals surface area contributed by atoms with Gasteiger partial charge in [0, 0.05) is 22.8 Å². The van der Waals surface area contributed by atoms with Crippen LogP contribution in [0, 0.1) is 0 Å². The predicted octanol–water partition coefficient (Wildman–Crippen LogP) is 3.26. The maximum atomic E-state index is 13.0. The summed E-state index contributed by atoms with van der Waals surface area (Å²) in [6.45, 7) is 0.308. The number of halogens is 1. The molecule has 3 rings (SSSR count). The number of carbonyl (C=O) groups is 1. The third-order valence-corrected chi connectivity index (χ3v) is 7.03. The first-order valence-electron chi connectivity index (χ1n) is 8.67. The Hall–Kier alpha value is -2.10. The number of hydrogen-bond acceptors (Lipinski definition) is 5. The molecule has 9 heteroatoms. The highest BCUT2D eigenvalue weighted by molar-refractivity contribution is 9.10. The number of ether oxygens (including phenoxy) is 2. The van der Waals surface area contributed by atoms with Crippen molar-refractivity contribution in [3.05, 3.63) is 46.9 Å². The Balaban J connectivity index is 1.80. The summed E-state index contributed by atoms with van der Waals surface area (Å²) in [5, 5.41) is 2.78. The van der Waals surface area contributed by atoms with E-state index in [0.717, 1.165) is 4.47 Å². The zero-order valence-corrected chi connectivity index (χ0v) is 17.9. The van der Waals surface area contributed by atoms with Crippen LogP contribution in [0.5, 0.6) is 11.5 Å². The minimum Gasteiger partial charge on any atom is -0.493 e. The molecule has 0 bridgehead atoms. The molecule has 1 saturated heterocycles. The summed E-state index contributed by atoms with van der Waals surface area (Å²) in [7, 11) is -0.724. The van der Waals surface area contributed by atoms with E-state index >= 15 is 0 Å². The van der Waals surface area contributed by atoms with Crippen LogP contribution in [0.3, 0.4) is 0 Å². The lowest BCUT2D eigenvalue weighted by atomic mass is 10.2. The van der Waals surface area contributed by atoms with Gasteiger partial charge in [-0.05, 0) is 49.2 Å². The van der Waals surface area contributed by atoms with Crippen molar-refractivity contribution in [2.24, 2.45) is 0 Å². The van der Waals surface area contributed by atoms with Gasteiger partial charge in [0.15, 0.2) is 11.5 Å². The van der Waals surface area contributed by atoms with Crippen LogP contribution in [0.15, 0.2) is 51.8 Å². The highest BCUT2D eigenvalue weighted by Gasteiger charge is 2.39. The molecule has 0 aromatic heterocycles. The molecule has 150 valence electrons. The standard InChI is InChI=1S/C19H21BrN2O5S/c1-26-17-10-7-14(12-18(17)27-2)21-19(23)16-4-3-11-22(16)28(24,25)15-8-5-13(20)6-9-15/h5-10,12,16H,3-4,11H2,1-2H3,(H,21,23). The number of sulfonamides is 1. The van der Waals surface area contributed by atoms with E-state index in [1.54, 1.807) is 30.3 Å². The molecule has 1 N–H and O–H groups in total. The lowest BCUT2D eigenvalue weighted by Gasteiger charge is -2.23. The molecule has 28 heavy (non-hydrogen) atoms. The number of rotatable bonds is 6. The van der Waals surface area contributed by atoms with Gasteiger partial charge in [-0.25, -0.2) is 8.42 Å². The molecule has 2 aromatic carbocycles. The third kappa shape index (κ3) is 4.16. The molecule has 2 aromatic rings. The Labute approximate surface area is 172 Å². The SMILES string of the molecule is COc1ccc(NC(=O)C2CCCN2S(=O)(=O)c2ccc(Br)cc2)cc1OC. The molecule has 0 spiro atoms. The second-order valence-electron chi connectivity index (χ2n) is 6.29. The van der Waals surface area contributed by atoms with Crippen LogP contribution < -0.4 is 14.8 Å². The van der Waals surface area contributed by atoms with E-state index in [0.29, 0.717) is 36.6 Å². The van der Waals surface area contributed by atoms with Crippen molar-refractivity contribution in [2.45, 2.75) is 23.8 Å². The van der Waals surface area contributed by atoms with E-state index < -0.39 is 16.1 Å². The van der Waals surface area contributed by atoms with E-state index in [2.05, 4.69) is 21.2 Å². The molecular weight excluding hydrogens is 448 g/mol. The molecule has 1 heterocycles. The summed E-state index contributed by atoms with van der Waals surface area (Å²) >= 11 is 3.30. The summed E-state index contributed by atoms with van der Waals surface area (Å²) in [4.78, 5) is 13.0. The number of amides is 1. The summed E-state index contributed by atoms with van der Waals surface area (Å²) < 4.78 is 38.5. The fourth-order valence-electron chi connectivity index (χ4n) is 3.17. The van der Waals surface area contributed by atoms with Crippen LogP contribution in [0.4, 0.5) is 5.69 Å². The Morgan fingerprint density at radius 2 is 1.79 bits per heavy atom. The minimum atomic E-state index is -3.76. The number of nitrogens with zero attached hydrogens (tertiary/aromatic N) is 1. The Morgan fingerprint density at radius 3 is 2.43 bits per heavy atom. The van der Waals surface area contributed by atoms with E-state index in [4.69, 9.17) is 9.47 Å². The molecule has 1 aliphatic heterocycles. The minimum absolute atomic E-state index is 0.168. The van der Waals surface area contributed by atoms with Crippen molar-refractivity contribution in [3.8, 4) is 11.5 Å². The first-order chi connectivity index (χ1) is 13.4. The molecule has 1 unspecified atom stereocenters. The monoisotopic (exact) mass is 468 g/mol. The van der Waals surface area contributed by atoms with E-state index in [1.807, 2.05) is 0 Å². The number of hydrogen-bond donors (Lipinski definition) is 1. The fourth-order valence-corrected chi connectivity index (χ4v) is 5.09. The van der Waals surface area contributed by atoms with Gasteiger partial charge in [0.05, 0.1) is 19.1 Å². The largest absolute Gasteiger partial charge is 0.493 e. The van der Waals surface area contributed by atoms with Crippen LogP contribution in [-0.2, 0) is 14.8 Å². The average molecular weight is 469 g/mol. The van der Waals surface area contributed by atoms with Crippen LogP contribution in [0.1, 0.15) is 12.8 Å². The quantitative estimate of drug-likeness (QED) is 0.702. The molecule has 1 fully saturated rings. The van der Waals surface area contributed by atoms with Gasteiger partial charge < -0.3 is 14.8 Å². The molecular formula is C19H21BrN2O5S. The van der Waals surface area contributed by atoms with E-state index in [-0.39, 0.29) is 10.8 Å². The van der Waals surface area contributed by atoms with Gasteiger partial charge in [-0.3, -0.25) is 4.79 Å². The van der Waals surface area contributed by atoms with E-state index in [9.17, 15) is 13.2 Å². The average Bonchev–Trinajstić information content (AvgIpc) is 3.19. The van der Waals surface area contributed by atoms with Crippen molar-refractivity contribution < 1.29 is 22.7 Å². The summed E-state index contributed by atoms with van der Waals surface area (Å²) in [5.41, 5.74) is 0.510. The van der Waals surface area contributed by atoms with Crippen LogP contribution in [0.25, 0.3) is 0 Å². The molecule has 1 amide bonds. The number of methoxy groups -OCH3 is 2. The number of carbonyl (C=O) groups excluding carboxylic acids is 1. The molecule has 0 saturated carbocycles. The van der Waals surface area contributed by atoms with Crippen molar-refractivity contribution in [2.75, 3.05) is 26.1 Å². The van der Waals surface area contributed by atoms with Gasteiger partial charge >= 0.3 is 0 Å². The van der Waals surface area contributed by atoms with Gasteiger partial charge in [0.2, 0.25) is 15.9 Å². The first-order valence-corrected chi connectivity index (χ1v) is 10.9. The van der Waals surface area contributed by atoms with Crippen molar-refractivity contribution in [3.63, 3.8) is 0 Å². The number of benzene rings is 2. The van der Waals surface area contributed by atoms with Crippen LogP contribution >= 0.6 is 15.9 Å². The molecule has 0 aliphatic carbocycles. The van der Waals surface area contributed by atoms with Gasteiger partial charge in [-0.15, -0.1) is 0 Å². The molecule has 0 radical (unpaired) electrons. The summed E-state index contributed by atoms with van der Waals surface area (Å²) in [6, 6.07) is 10.6. The number of nitrogens with one attached hydrogen (secondary N) is 1. The van der Waals surface area contributed by atoms with Crippen LogP contribution in [0.2, 0.25) is 0 Å². The second-order valence-corrected chi connectivity index (χ2v) is 9.09. The topological polar surface area (TPSA) is 84.9 Å². The number of anilines is 1. The van der Waals surface area contributed by atoms with Crippen LogP contribution in [-0.4, -0.2) is 45.4 Å². The Bertz CT molecular complexity index is 963. The molecule has 1 atom stereocenters. The second kappa shape index (κ2) is 8.50. The Kier molecular flexibility index (Phi) is 6.26. The smallest absolute Gasteiger partial charge is 0.243 e. The summed E-state index contributed by atoms with van der Waals surface area (Å²) in [6.07, 6.45) is 1.09. The Morgan fingerprint density at radius 1 is 1.11 bits per heavy atom. The maximum absolute atomic E-state index is 13.0. The molecule has 1 aliphatic rings. The molecule has 7 nitrogen and oxygen atoms in total. The first kappa shape index (κ1) is 20.6.